The minimum atomic E-state index is 0.600. The lowest BCUT2D eigenvalue weighted by Gasteiger charge is -2.52. The van der Waals surface area contributed by atoms with Gasteiger partial charge in [-0.05, 0) is 17.5 Å². The van der Waals surface area contributed by atoms with E-state index in [1.807, 2.05) is 0 Å². The first-order chi connectivity index (χ1) is 7.86. The Kier molecular flexibility index (Phi) is 2.88. The molecule has 0 radical (unpaired) electrons. The molecule has 0 aromatic heterocycles. The quantitative estimate of drug-likeness (QED) is 0.749. The fraction of sp³-hybridized carbons (Fsp3) is 0.538. The Hall–Kier alpha value is -0.570. The molecule has 2 aliphatic heterocycles. The lowest BCUT2D eigenvalue weighted by molar-refractivity contribution is -0.131. The number of benzene rings is 1. The molecule has 2 fully saturated rings. The van der Waals surface area contributed by atoms with Crippen LogP contribution < -0.4 is 0 Å². The van der Waals surface area contributed by atoms with E-state index in [0.717, 1.165) is 19.8 Å². The van der Waals surface area contributed by atoms with Crippen molar-refractivity contribution in [3.05, 3.63) is 35.4 Å². The molecule has 0 spiro atoms. The van der Waals surface area contributed by atoms with Crippen molar-refractivity contribution in [2.24, 2.45) is 0 Å². The van der Waals surface area contributed by atoms with Gasteiger partial charge in [0, 0.05) is 24.5 Å². The SMILES string of the molecule is ClCc1ccc(CN2C3COCC2C3)cc1. The van der Waals surface area contributed by atoms with Crippen LogP contribution in [-0.2, 0) is 17.2 Å². The van der Waals surface area contributed by atoms with Crippen molar-refractivity contribution in [1.29, 1.82) is 0 Å². The molecular weight excluding hydrogens is 222 g/mol. The van der Waals surface area contributed by atoms with Gasteiger partial charge in [-0.2, -0.15) is 0 Å². The number of rotatable bonds is 3. The summed E-state index contributed by atoms with van der Waals surface area (Å²) >= 11 is 5.77. The number of fused-ring (bicyclic) bond motifs is 2. The maximum absolute atomic E-state index is 5.77. The Balaban J connectivity index is 1.65. The molecule has 16 heavy (non-hydrogen) atoms. The minimum Gasteiger partial charge on any atom is -0.378 e. The maximum Gasteiger partial charge on any atom is 0.0623 e. The second-order valence-electron chi connectivity index (χ2n) is 4.70. The minimum absolute atomic E-state index is 0.600. The van der Waals surface area contributed by atoms with E-state index in [2.05, 4.69) is 29.2 Å². The molecule has 2 nitrogen and oxygen atoms in total. The summed E-state index contributed by atoms with van der Waals surface area (Å²) in [4.78, 5) is 2.55. The van der Waals surface area contributed by atoms with Crippen LogP contribution in [0.15, 0.2) is 24.3 Å². The molecule has 3 heteroatoms. The van der Waals surface area contributed by atoms with E-state index < -0.39 is 0 Å². The van der Waals surface area contributed by atoms with E-state index in [1.165, 1.54) is 17.5 Å². The Morgan fingerprint density at radius 2 is 1.75 bits per heavy atom. The molecule has 0 aliphatic carbocycles. The van der Waals surface area contributed by atoms with Crippen LogP contribution in [0.2, 0.25) is 0 Å². The van der Waals surface area contributed by atoms with E-state index in [1.54, 1.807) is 0 Å². The largest absolute Gasteiger partial charge is 0.378 e. The molecule has 2 unspecified atom stereocenters. The highest BCUT2D eigenvalue weighted by atomic mass is 35.5. The van der Waals surface area contributed by atoms with Crippen molar-refractivity contribution >= 4 is 11.6 Å². The van der Waals surface area contributed by atoms with Gasteiger partial charge in [-0.1, -0.05) is 24.3 Å². The highest BCUT2D eigenvalue weighted by molar-refractivity contribution is 6.17. The van der Waals surface area contributed by atoms with Gasteiger partial charge in [0.25, 0.3) is 0 Å². The summed E-state index contributed by atoms with van der Waals surface area (Å²) < 4.78 is 5.48. The summed E-state index contributed by atoms with van der Waals surface area (Å²) in [5.41, 5.74) is 2.57. The number of nitrogens with zero attached hydrogens (tertiary/aromatic N) is 1. The highest BCUT2D eigenvalue weighted by Crippen LogP contribution is 2.32. The van der Waals surface area contributed by atoms with Crippen molar-refractivity contribution < 1.29 is 4.74 Å². The highest BCUT2D eigenvalue weighted by Gasteiger charge is 2.41. The van der Waals surface area contributed by atoms with Crippen LogP contribution >= 0.6 is 11.6 Å². The predicted molar refractivity (Wildman–Crippen MR) is 64.6 cm³/mol. The maximum atomic E-state index is 5.77. The van der Waals surface area contributed by atoms with Crippen molar-refractivity contribution in [2.75, 3.05) is 13.2 Å². The summed E-state index contributed by atoms with van der Waals surface area (Å²) in [6, 6.07) is 9.93. The zero-order chi connectivity index (χ0) is 11.0. The van der Waals surface area contributed by atoms with Gasteiger partial charge in [0.15, 0.2) is 0 Å². The zero-order valence-electron chi connectivity index (χ0n) is 9.23. The van der Waals surface area contributed by atoms with Crippen molar-refractivity contribution in [3.63, 3.8) is 0 Å². The van der Waals surface area contributed by atoms with Crippen LogP contribution in [0, 0.1) is 0 Å². The van der Waals surface area contributed by atoms with Gasteiger partial charge in [-0.3, -0.25) is 4.90 Å². The van der Waals surface area contributed by atoms with E-state index in [4.69, 9.17) is 16.3 Å². The first-order valence-electron chi connectivity index (χ1n) is 5.84. The fourth-order valence-electron chi connectivity index (χ4n) is 2.62. The Bertz CT molecular complexity index is 351. The standard InChI is InChI=1S/C13H16ClNO/c14-6-10-1-3-11(4-2-10)7-15-12-5-13(15)9-16-8-12/h1-4,12-13H,5-9H2. The zero-order valence-corrected chi connectivity index (χ0v) is 9.99. The van der Waals surface area contributed by atoms with Gasteiger partial charge < -0.3 is 4.74 Å². The van der Waals surface area contributed by atoms with Crippen LogP contribution in [0.3, 0.4) is 0 Å². The number of alkyl halides is 1. The molecule has 1 aromatic carbocycles. The Morgan fingerprint density at radius 3 is 2.31 bits per heavy atom. The Labute approximate surface area is 101 Å². The molecule has 2 bridgehead atoms. The number of ether oxygens (including phenoxy) is 1. The molecule has 2 atom stereocenters. The summed E-state index contributed by atoms with van der Waals surface area (Å²) in [5.74, 6) is 0.600. The average molecular weight is 238 g/mol. The topological polar surface area (TPSA) is 12.5 Å². The Morgan fingerprint density at radius 1 is 1.12 bits per heavy atom. The molecule has 2 aliphatic rings. The van der Waals surface area contributed by atoms with Gasteiger partial charge in [0.1, 0.15) is 0 Å². The van der Waals surface area contributed by atoms with Gasteiger partial charge in [-0.15, -0.1) is 11.6 Å². The molecule has 3 rings (SSSR count). The third kappa shape index (κ3) is 1.86. The third-order valence-corrected chi connectivity index (χ3v) is 3.95. The molecular formula is C13H16ClNO. The average Bonchev–Trinajstić information content (AvgIpc) is 2.37. The normalized spacial score (nSPS) is 28.8. The van der Waals surface area contributed by atoms with Gasteiger partial charge in [0.2, 0.25) is 0 Å². The van der Waals surface area contributed by atoms with E-state index in [0.29, 0.717) is 18.0 Å². The van der Waals surface area contributed by atoms with Crippen LogP contribution in [-0.4, -0.2) is 30.2 Å². The molecule has 1 aromatic rings. The summed E-state index contributed by atoms with van der Waals surface area (Å²) in [6.45, 7) is 2.88. The molecule has 2 heterocycles. The second kappa shape index (κ2) is 4.36. The first kappa shape index (κ1) is 10.6. The summed E-state index contributed by atoms with van der Waals surface area (Å²) in [5, 5.41) is 0. The lowest BCUT2D eigenvalue weighted by atomic mass is 9.90. The third-order valence-electron chi connectivity index (χ3n) is 3.65. The monoisotopic (exact) mass is 237 g/mol. The number of hydrogen-bond donors (Lipinski definition) is 0. The van der Waals surface area contributed by atoms with Crippen molar-refractivity contribution in [2.45, 2.75) is 30.9 Å². The van der Waals surface area contributed by atoms with Gasteiger partial charge in [0.05, 0.1) is 13.2 Å². The molecule has 0 amide bonds. The molecule has 2 saturated heterocycles. The van der Waals surface area contributed by atoms with E-state index in [9.17, 15) is 0 Å². The predicted octanol–water partition coefficient (Wildman–Crippen LogP) is 2.40. The van der Waals surface area contributed by atoms with Crippen LogP contribution in [0.25, 0.3) is 0 Å². The smallest absolute Gasteiger partial charge is 0.0623 e. The van der Waals surface area contributed by atoms with Crippen LogP contribution in [0.5, 0.6) is 0 Å². The molecule has 0 N–H and O–H groups in total. The summed E-state index contributed by atoms with van der Waals surface area (Å²) in [6.07, 6.45) is 1.32. The summed E-state index contributed by atoms with van der Waals surface area (Å²) in [7, 11) is 0. The molecule has 86 valence electrons. The lowest BCUT2D eigenvalue weighted by Crippen LogP contribution is -2.62. The number of halogens is 1. The van der Waals surface area contributed by atoms with Gasteiger partial charge >= 0.3 is 0 Å². The van der Waals surface area contributed by atoms with Crippen molar-refractivity contribution in [1.82, 2.24) is 4.90 Å². The van der Waals surface area contributed by atoms with E-state index in [-0.39, 0.29) is 0 Å². The van der Waals surface area contributed by atoms with Crippen LogP contribution in [0.4, 0.5) is 0 Å². The van der Waals surface area contributed by atoms with Crippen LogP contribution in [0.1, 0.15) is 17.5 Å². The van der Waals surface area contributed by atoms with Crippen molar-refractivity contribution in [3.8, 4) is 0 Å². The first-order valence-corrected chi connectivity index (χ1v) is 6.37. The number of hydrogen-bond acceptors (Lipinski definition) is 2. The fourth-order valence-corrected chi connectivity index (χ4v) is 2.79. The van der Waals surface area contributed by atoms with Gasteiger partial charge in [-0.25, -0.2) is 0 Å². The second-order valence-corrected chi connectivity index (χ2v) is 4.97. The molecule has 0 saturated carbocycles. The van der Waals surface area contributed by atoms with E-state index >= 15 is 0 Å². The number of morpholine rings is 1.